The van der Waals surface area contributed by atoms with Crippen LogP contribution < -0.4 is 5.32 Å². The van der Waals surface area contributed by atoms with E-state index in [9.17, 15) is 32.0 Å². The molecule has 4 atom stereocenters. The summed E-state index contributed by atoms with van der Waals surface area (Å²) in [4.78, 5) is 27.7. The van der Waals surface area contributed by atoms with Gasteiger partial charge in [-0.25, -0.2) is 26.4 Å². The summed E-state index contributed by atoms with van der Waals surface area (Å²) in [5.74, 6) is -3.99. The van der Waals surface area contributed by atoms with Crippen molar-refractivity contribution in [1.82, 2.24) is 14.5 Å². The molecule has 2 heterocycles. The molecule has 0 radical (unpaired) electrons. The van der Waals surface area contributed by atoms with Crippen LogP contribution in [-0.4, -0.2) is 72.4 Å². The predicted molar refractivity (Wildman–Crippen MR) is 159 cm³/mol. The number of halogens is 3. The number of hydrogen-bond donors (Lipinski definition) is 1. The first kappa shape index (κ1) is 32.8. The highest BCUT2D eigenvalue weighted by molar-refractivity contribution is 7.89. The number of hydrogen-bond acceptors (Lipinski definition) is 6. The number of carbonyl (C=O) groups excluding carboxylic acids is 2. The Kier molecular flexibility index (Phi) is 8.94. The van der Waals surface area contributed by atoms with Gasteiger partial charge in [0.25, 0.3) is 5.92 Å². The molecular formula is C32H37F3N4O5S. The minimum atomic E-state index is -3.95. The van der Waals surface area contributed by atoms with Crippen LogP contribution >= 0.6 is 0 Å². The van der Waals surface area contributed by atoms with E-state index in [2.05, 4.69) is 5.32 Å². The number of alkyl halides is 2. The molecule has 2 saturated heterocycles. The smallest absolute Gasteiger partial charge is 0.411 e. The van der Waals surface area contributed by atoms with Crippen LogP contribution in [-0.2, 0) is 26.0 Å². The standard InChI is InChI=1S/C32H37F3N4O5S/c1-31(2,3)44-30(41)39-25-9-6-23(17-25)28(39)29(40)37-24(19-36)16-22-5-4-21(18-27(22)33)20-7-10-26(11-8-20)45(42,43)38-14-12-32(34,35)13-15-38/h4-5,7-8,10-11,18,23-25,28H,6,9,12-17H2,1-3H3,(H,37,40)/t23-,24-,25+,28-/m0/s1. The Labute approximate surface area is 261 Å². The van der Waals surface area contributed by atoms with E-state index in [4.69, 9.17) is 4.74 Å². The Morgan fingerprint density at radius 1 is 1.09 bits per heavy atom. The van der Waals surface area contributed by atoms with Gasteiger partial charge in [-0.3, -0.25) is 9.69 Å². The van der Waals surface area contributed by atoms with Crippen molar-refractivity contribution in [2.45, 2.75) is 93.8 Å². The van der Waals surface area contributed by atoms with Gasteiger partial charge in [-0.2, -0.15) is 9.57 Å². The topological polar surface area (TPSA) is 120 Å². The zero-order chi connectivity index (χ0) is 32.7. The molecule has 242 valence electrons. The first-order valence-corrected chi connectivity index (χ1v) is 16.5. The average molecular weight is 647 g/mol. The van der Waals surface area contributed by atoms with Crippen LogP contribution in [0.15, 0.2) is 47.4 Å². The fraction of sp³-hybridized carbons (Fsp3) is 0.531. The molecule has 0 spiro atoms. The molecule has 0 aromatic heterocycles. The molecule has 1 saturated carbocycles. The Balaban J connectivity index is 1.24. The van der Waals surface area contributed by atoms with E-state index < -0.39 is 64.3 Å². The van der Waals surface area contributed by atoms with Crippen molar-refractivity contribution >= 4 is 22.0 Å². The third-order valence-corrected chi connectivity index (χ3v) is 10.6. The number of carbonyl (C=O) groups is 2. The molecule has 1 aliphatic carbocycles. The number of likely N-dealkylation sites (tertiary alicyclic amines) is 1. The summed E-state index contributed by atoms with van der Waals surface area (Å²) in [5.41, 5.74) is 0.469. The lowest BCUT2D eigenvalue weighted by Gasteiger charge is -2.35. The summed E-state index contributed by atoms with van der Waals surface area (Å²) in [6.07, 6.45) is 0.538. The quantitative estimate of drug-likeness (QED) is 0.439. The Morgan fingerprint density at radius 2 is 1.73 bits per heavy atom. The Bertz CT molecular complexity index is 1590. The van der Waals surface area contributed by atoms with Gasteiger partial charge in [0.2, 0.25) is 15.9 Å². The molecule has 13 heteroatoms. The van der Waals surface area contributed by atoms with Gasteiger partial charge in [-0.15, -0.1) is 0 Å². The average Bonchev–Trinajstić information content (AvgIpc) is 3.59. The lowest BCUT2D eigenvalue weighted by Crippen LogP contribution is -2.55. The molecule has 9 nitrogen and oxygen atoms in total. The zero-order valence-corrected chi connectivity index (χ0v) is 26.2. The molecule has 1 N–H and O–H groups in total. The number of nitriles is 1. The van der Waals surface area contributed by atoms with Crippen molar-refractivity contribution < 1.29 is 35.9 Å². The maximum absolute atomic E-state index is 15.2. The summed E-state index contributed by atoms with van der Waals surface area (Å²) in [6, 6.07) is 10.3. The van der Waals surface area contributed by atoms with E-state index >= 15 is 4.39 Å². The lowest BCUT2D eigenvalue weighted by molar-refractivity contribution is -0.128. The number of fused-ring (bicyclic) bond motifs is 2. The van der Waals surface area contributed by atoms with Crippen molar-refractivity contribution in [1.29, 1.82) is 5.26 Å². The van der Waals surface area contributed by atoms with Gasteiger partial charge >= 0.3 is 6.09 Å². The van der Waals surface area contributed by atoms with Gasteiger partial charge in [0.15, 0.2) is 0 Å². The third-order valence-electron chi connectivity index (χ3n) is 8.69. The fourth-order valence-electron chi connectivity index (χ4n) is 6.42. The molecule has 2 aromatic carbocycles. The molecule has 0 unspecified atom stereocenters. The van der Waals surface area contributed by atoms with Crippen molar-refractivity contribution in [3.8, 4) is 17.2 Å². The van der Waals surface area contributed by atoms with E-state index in [-0.39, 0.29) is 41.9 Å². The third kappa shape index (κ3) is 7.12. The Morgan fingerprint density at radius 3 is 2.33 bits per heavy atom. The Hall–Kier alpha value is -3.63. The van der Waals surface area contributed by atoms with Crippen LogP contribution in [0.1, 0.15) is 58.4 Å². The van der Waals surface area contributed by atoms with E-state index in [0.29, 0.717) is 17.5 Å². The highest BCUT2D eigenvalue weighted by Gasteiger charge is 2.52. The lowest BCUT2D eigenvalue weighted by atomic mass is 9.97. The van der Waals surface area contributed by atoms with Crippen LogP contribution in [0.3, 0.4) is 0 Å². The normalized spacial score (nSPS) is 23.8. The van der Waals surface area contributed by atoms with Gasteiger partial charge in [-0.1, -0.05) is 24.3 Å². The summed E-state index contributed by atoms with van der Waals surface area (Å²) in [6.45, 7) is 4.73. The molecule has 3 aliphatic rings. The van der Waals surface area contributed by atoms with E-state index in [1.807, 2.05) is 6.07 Å². The number of ether oxygens (including phenoxy) is 1. The van der Waals surface area contributed by atoms with Crippen LogP contribution in [0.4, 0.5) is 18.0 Å². The minimum absolute atomic E-state index is 0.0381. The second-order valence-corrected chi connectivity index (χ2v) is 15.0. The van der Waals surface area contributed by atoms with Crippen LogP contribution in [0.25, 0.3) is 11.1 Å². The molecule has 2 amide bonds. The van der Waals surface area contributed by atoms with E-state index in [0.717, 1.165) is 17.1 Å². The number of benzene rings is 2. The highest BCUT2D eigenvalue weighted by atomic mass is 32.2. The summed E-state index contributed by atoms with van der Waals surface area (Å²) in [7, 11) is -3.95. The maximum Gasteiger partial charge on any atom is 0.411 e. The van der Waals surface area contributed by atoms with Gasteiger partial charge in [0, 0.05) is 38.4 Å². The molecule has 2 aliphatic heterocycles. The van der Waals surface area contributed by atoms with Gasteiger partial charge in [0.1, 0.15) is 23.5 Å². The number of rotatable bonds is 7. The van der Waals surface area contributed by atoms with Crippen molar-refractivity contribution in [3.05, 3.63) is 53.8 Å². The second kappa shape index (κ2) is 12.3. The largest absolute Gasteiger partial charge is 0.444 e. The molecule has 3 fully saturated rings. The van der Waals surface area contributed by atoms with E-state index in [1.165, 1.54) is 41.3 Å². The molecule has 2 aromatic rings. The second-order valence-electron chi connectivity index (χ2n) is 13.0. The zero-order valence-electron chi connectivity index (χ0n) is 25.4. The SMILES string of the molecule is CC(C)(C)OC(=O)N1[C@@H]2CC[C@@H](C2)[C@H]1C(=O)N[C@H](C#N)Cc1ccc(-c2ccc(S(=O)(=O)N3CCC(F)(F)CC3)cc2)cc1F. The first-order chi connectivity index (χ1) is 21.1. The maximum atomic E-state index is 15.2. The number of sulfonamides is 1. The summed E-state index contributed by atoms with van der Waals surface area (Å²) < 4.78 is 74.6. The van der Waals surface area contributed by atoms with Crippen LogP contribution in [0.5, 0.6) is 0 Å². The van der Waals surface area contributed by atoms with Crippen LogP contribution in [0.2, 0.25) is 0 Å². The minimum Gasteiger partial charge on any atom is -0.444 e. The number of nitrogens with zero attached hydrogens (tertiary/aromatic N) is 3. The fourth-order valence-corrected chi connectivity index (χ4v) is 7.86. The highest BCUT2D eigenvalue weighted by Crippen LogP contribution is 2.43. The van der Waals surface area contributed by atoms with Gasteiger partial charge in [0.05, 0.1) is 11.0 Å². The molecule has 45 heavy (non-hydrogen) atoms. The number of amides is 2. The van der Waals surface area contributed by atoms with E-state index in [1.54, 1.807) is 26.8 Å². The summed E-state index contributed by atoms with van der Waals surface area (Å²) >= 11 is 0. The monoisotopic (exact) mass is 646 g/mol. The van der Waals surface area contributed by atoms with Crippen molar-refractivity contribution in [2.24, 2.45) is 5.92 Å². The molecule has 5 rings (SSSR count). The number of nitrogens with one attached hydrogen (secondary N) is 1. The number of piperidine rings is 2. The van der Waals surface area contributed by atoms with Gasteiger partial charge in [-0.05, 0) is 80.8 Å². The van der Waals surface area contributed by atoms with Crippen molar-refractivity contribution in [2.75, 3.05) is 13.1 Å². The predicted octanol–water partition coefficient (Wildman–Crippen LogP) is 5.25. The molecule has 2 bridgehead atoms. The first-order valence-electron chi connectivity index (χ1n) is 15.1. The van der Waals surface area contributed by atoms with Gasteiger partial charge < -0.3 is 10.1 Å². The summed E-state index contributed by atoms with van der Waals surface area (Å²) in [5, 5.41) is 12.5. The van der Waals surface area contributed by atoms with Crippen molar-refractivity contribution in [3.63, 3.8) is 0 Å². The molecular weight excluding hydrogens is 609 g/mol. The van der Waals surface area contributed by atoms with Crippen LogP contribution in [0, 0.1) is 23.1 Å².